The molecule has 5 nitrogen and oxygen atoms in total. The van der Waals surface area contributed by atoms with Crippen LogP contribution in [0.25, 0.3) is 17.0 Å². The van der Waals surface area contributed by atoms with Crippen molar-refractivity contribution in [2.45, 2.75) is 0 Å². The van der Waals surface area contributed by atoms with Gasteiger partial charge in [-0.3, -0.25) is 14.9 Å². The van der Waals surface area contributed by atoms with Crippen LogP contribution in [-0.2, 0) is 0 Å². The van der Waals surface area contributed by atoms with Crippen LogP contribution in [0, 0.1) is 10.1 Å². The van der Waals surface area contributed by atoms with Crippen molar-refractivity contribution < 1.29 is 9.72 Å². The van der Waals surface area contributed by atoms with Crippen LogP contribution >= 0.6 is 27.5 Å². The molecule has 2 aromatic carbocycles. The van der Waals surface area contributed by atoms with Gasteiger partial charge in [0.05, 0.1) is 10.4 Å². The van der Waals surface area contributed by atoms with Crippen molar-refractivity contribution >= 4 is 56.0 Å². The van der Waals surface area contributed by atoms with Crippen LogP contribution in [0.3, 0.4) is 0 Å². The normalized spacial score (nSPS) is 11.1. The number of ketones is 1. The molecule has 0 atom stereocenters. The van der Waals surface area contributed by atoms with E-state index in [4.69, 9.17) is 11.6 Å². The van der Waals surface area contributed by atoms with Gasteiger partial charge in [-0.25, -0.2) is 4.98 Å². The summed E-state index contributed by atoms with van der Waals surface area (Å²) in [5.41, 5.74) is 1.44. The lowest BCUT2D eigenvalue weighted by Crippen LogP contribution is -1.96. The number of nitro benzene ring substituents is 1. The van der Waals surface area contributed by atoms with Gasteiger partial charge in [0.1, 0.15) is 5.15 Å². The van der Waals surface area contributed by atoms with Gasteiger partial charge in [-0.15, -0.1) is 0 Å². The van der Waals surface area contributed by atoms with E-state index in [0.717, 1.165) is 15.4 Å². The second kappa shape index (κ2) is 7.13. The summed E-state index contributed by atoms with van der Waals surface area (Å²) in [5.74, 6) is -0.353. The van der Waals surface area contributed by atoms with Gasteiger partial charge in [0.25, 0.3) is 5.69 Å². The molecule has 1 heterocycles. The van der Waals surface area contributed by atoms with Crippen LogP contribution in [0.2, 0.25) is 5.15 Å². The molecule has 0 spiro atoms. The van der Waals surface area contributed by atoms with Gasteiger partial charge in [-0.2, -0.15) is 0 Å². The Morgan fingerprint density at radius 3 is 2.76 bits per heavy atom. The van der Waals surface area contributed by atoms with E-state index in [0.29, 0.717) is 5.56 Å². The van der Waals surface area contributed by atoms with E-state index in [1.165, 1.54) is 30.3 Å². The Kier molecular flexibility index (Phi) is 4.92. The van der Waals surface area contributed by atoms with Gasteiger partial charge in [0.2, 0.25) is 0 Å². The molecule has 3 aromatic rings. The van der Waals surface area contributed by atoms with Crippen LogP contribution in [0.1, 0.15) is 15.9 Å². The molecule has 0 fully saturated rings. The van der Waals surface area contributed by atoms with E-state index in [-0.39, 0.29) is 22.2 Å². The number of hydrogen-bond acceptors (Lipinski definition) is 4. The fourth-order valence-electron chi connectivity index (χ4n) is 2.29. The van der Waals surface area contributed by atoms with Crippen molar-refractivity contribution in [1.29, 1.82) is 0 Å². The van der Waals surface area contributed by atoms with E-state index >= 15 is 0 Å². The molecule has 0 saturated carbocycles. The molecule has 3 rings (SSSR count). The average Bonchev–Trinajstić information content (AvgIpc) is 2.60. The summed E-state index contributed by atoms with van der Waals surface area (Å²) in [6, 6.07) is 13.0. The second-order valence-electron chi connectivity index (χ2n) is 5.21. The molecule has 0 unspecified atom stereocenters. The van der Waals surface area contributed by atoms with Crippen LogP contribution < -0.4 is 0 Å². The lowest BCUT2D eigenvalue weighted by Gasteiger charge is -2.03. The number of rotatable bonds is 4. The SMILES string of the molecule is O=C(/C=C/c1cc2cc(Br)ccc2nc1Cl)c1cccc([N+](=O)[O-])c1. The third-order valence-corrected chi connectivity index (χ3v) is 4.31. The number of allylic oxidation sites excluding steroid dienone is 1. The summed E-state index contributed by atoms with van der Waals surface area (Å²) < 4.78 is 0.909. The van der Waals surface area contributed by atoms with Crippen LogP contribution in [0.4, 0.5) is 5.69 Å². The molecule has 0 N–H and O–H groups in total. The Labute approximate surface area is 156 Å². The zero-order chi connectivity index (χ0) is 18.0. The Hall–Kier alpha value is -2.57. The summed E-state index contributed by atoms with van der Waals surface area (Å²) in [5, 5.41) is 12.0. The summed E-state index contributed by atoms with van der Waals surface area (Å²) in [6.45, 7) is 0. The van der Waals surface area contributed by atoms with Crippen molar-refractivity contribution in [1.82, 2.24) is 4.98 Å². The van der Waals surface area contributed by atoms with Gasteiger partial charge in [0, 0.05) is 33.1 Å². The number of pyridine rings is 1. The number of nitro groups is 1. The third kappa shape index (κ3) is 3.92. The van der Waals surface area contributed by atoms with Crippen molar-refractivity contribution in [2.75, 3.05) is 0 Å². The monoisotopic (exact) mass is 416 g/mol. The molecule has 0 aliphatic heterocycles. The molecule has 0 aliphatic rings. The predicted octanol–water partition coefficient (Wildman–Crippen LogP) is 5.46. The maximum absolute atomic E-state index is 12.2. The summed E-state index contributed by atoms with van der Waals surface area (Å²) >= 11 is 9.56. The van der Waals surface area contributed by atoms with Crippen LogP contribution in [0.15, 0.2) is 59.1 Å². The molecule has 25 heavy (non-hydrogen) atoms. The van der Waals surface area contributed by atoms with Gasteiger partial charge in [-0.05, 0) is 36.4 Å². The fraction of sp³-hybridized carbons (Fsp3) is 0. The zero-order valence-electron chi connectivity index (χ0n) is 12.6. The lowest BCUT2D eigenvalue weighted by molar-refractivity contribution is -0.384. The largest absolute Gasteiger partial charge is 0.289 e. The van der Waals surface area contributed by atoms with E-state index in [9.17, 15) is 14.9 Å². The Balaban J connectivity index is 1.92. The highest BCUT2D eigenvalue weighted by atomic mass is 79.9. The van der Waals surface area contributed by atoms with Crippen molar-refractivity contribution in [3.05, 3.63) is 85.5 Å². The first-order valence-electron chi connectivity index (χ1n) is 7.17. The first kappa shape index (κ1) is 17.3. The molecule has 0 bridgehead atoms. The number of non-ortho nitro benzene ring substituents is 1. The molecule has 1 aromatic heterocycles. The minimum absolute atomic E-state index is 0.130. The molecule has 0 aliphatic carbocycles. The van der Waals surface area contributed by atoms with Crippen molar-refractivity contribution in [2.24, 2.45) is 0 Å². The number of carbonyl (C=O) groups is 1. The number of nitrogens with zero attached hydrogens (tertiary/aromatic N) is 2. The Morgan fingerprint density at radius 1 is 1.20 bits per heavy atom. The van der Waals surface area contributed by atoms with Crippen LogP contribution in [0.5, 0.6) is 0 Å². The smallest absolute Gasteiger partial charge is 0.270 e. The number of halogens is 2. The minimum atomic E-state index is -0.539. The number of benzene rings is 2. The maximum atomic E-state index is 12.2. The molecule has 0 amide bonds. The van der Waals surface area contributed by atoms with E-state index in [1.807, 2.05) is 24.3 Å². The standard InChI is InChI=1S/C18H10BrClN2O3/c19-14-5-6-16-13(9-14)8-12(18(20)21-16)4-7-17(23)11-2-1-3-15(10-11)22(24)25/h1-10H/b7-4+. The predicted molar refractivity (Wildman–Crippen MR) is 101 cm³/mol. The molecular weight excluding hydrogens is 408 g/mol. The van der Waals surface area contributed by atoms with E-state index in [1.54, 1.807) is 6.08 Å². The highest BCUT2D eigenvalue weighted by Crippen LogP contribution is 2.24. The number of aromatic nitrogens is 1. The lowest BCUT2D eigenvalue weighted by atomic mass is 10.1. The summed E-state index contributed by atoms with van der Waals surface area (Å²) in [6.07, 6.45) is 2.88. The highest BCUT2D eigenvalue weighted by molar-refractivity contribution is 9.10. The zero-order valence-corrected chi connectivity index (χ0v) is 15.0. The van der Waals surface area contributed by atoms with E-state index in [2.05, 4.69) is 20.9 Å². The maximum Gasteiger partial charge on any atom is 0.270 e. The number of hydrogen-bond donors (Lipinski definition) is 0. The van der Waals surface area contributed by atoms with Gasteiger partial charge in [0.15, 0.2) is 5.78 Å². The minimum Gasteiger partial charge on any atom is -0.289 e. The molecule has 0 radical (unpaired) electrons. The number of carbonyl (C=O) groups excluding carboxylic acids is 1. The Morgan fingerprint density at radius 2 is 2.00 bits per heavy atom. The second-order valence-corrected chi connectivity index (χ2v) is 6.48. The molecular formula is C18H10BrClN2O3. The highest BCUT2D eigenvalue weighted by Gasteiger charge is 2.10. The molecule has 0 saturated heterocycles. The number of fused-ring (bicyclic) bond motifs is 1. The third-order valence-electron chi connectivity index (χ3n) is 3.51. The first-order valence-corrected chi connectivity index (χ1v) is 8.34. The first-order chi connectivity index (χ1) is 11.9. The fourth-order valence-corrected chi connectivity index (χ4v) is 2.88. The Bertz CT molecular complexity index is 1030. The van der Waals surface area contributed by atoms with Crippen LogP contribution in [-0.4, -0.2) is 15.7 Å². The molecule has 7 heteroatoms. The van der Waals surface area contributed by atoms with E-state index < -0.39 is 4.92 Å². The summed E-state index contributed by atoms with van der Waals surface area (Å²) in [4.78, 5) is 26.8. The van der Waals surface area contributed by atoms with Gasteiger partial charge >= 0.3 is 0 Å². The van der Waals surface area contributed by atoms with Crippen molar-refractivity contribution in [3.8, 4) is 0 Å². The van der Waals surface area contributed by atoms with Crippen molar-refractivity contribution in [3.63, 3.8) is 0 Å². The average molecular weight is 418 g/mol. The topological polar surface area (TPSA) is 73.1 Å². The van der Waals surface area contributed by atoms with Gasteiger partial charge < -0.3 is 0 Å². The molecule has 124 valence electrons. The quantitative estimate of drug-likeness (QED) is 0.186. The summed E-state index contributed by atoms with van der Waals surface area (Å²) in [7, 11) is 0. The van der Waals surface area contributed by atoms with Gasteiger partial charge in [-0.1, -0.05) is 39.7 Å².